The van der Waals surface area contributed by atoms with Crippen molar-refractivity contribution < 1.29 is 13.9 Å². The van der Waals surface area contributed by atoms with E-state index in [1.807, 2.05) is 46.7 Å². The van der Waals surface area contributed by atoms with Crippen LogP contribution in [0.5, 0.6) is 5.75 Å². The zero-order valence-corrected chi connectivity index (χ0v) is 17.8. The molecule has 4 aromatic rings. The van der Waals surface area contributed by atoms with E-state index in [0.29, 0.717) is 42.0 Å². The number of ether oxygens (including phenoxy) is 1. The van der Waals surface area contributed by atoms with E-state index in [1.54, 1.807) is 24.5 Å². The van der Waals surface area contributed by atoms with Crippen LogP contribution in [-0.2, 0) is 0 Å². The molecule has 9 heteroatoms. The Morgan fingerprint density at radius 2 is 2.16 bits per heavy atom. The Hall–Kier alpha value is -3.46. The smallest absolute Gasteiger partial charge is 0.271 e. The lowest BCUT2D eigenvalue weighted by molar-refractivity contribution is 0.0692. The summed E-state index contributed by atoms with van der Waals surface area (Å²) in [5.41, 5.74) is 1.96. The highest BCUT2D eigenvalue weighted by atomic mass is 32.1. The average Bonchev–Trinajstić information content (AvgIpc) is 3.59. The molecule has 1 unspecified atom stereocenters. The summed E-state index contributed by atoms with van der Waals surface area (Å²) in [5.74, 6) is 1.76. The number of likely N-dealkylation sites (tertiary alicyclic amines) is 1. The number of aromatic nitrogens is 4. The van der Waals surface area contributed by atoms with E-state index in [0.717, 1.165) is 23.3 Å². The summed E-state index contributed by atoms with van der Waals surface area (Å²) in [4.78, 5) is 15.9. The van der Waals surface area contributed by atoms with Crippen LogP contribution in [0.4, 0.5) is 0 Å². The van der Waals surface area contributed by atoms with Gasteiger partial charge in [-0.2, -0.15) is 5.10 Å². The lowest BCUT2D eigenvalue weighted by atomic mass is 9.97. The van der Waals surface area contributed by atoms with Gasteiger partial charge in [0.05, 0.1) is 23.6 Å². The Morgan fingerprint density at radius 3 is 3.00 bits per heavy atom. The molecule has 0 saturated carbocycles. The predicted octanol–water partition coefficient (Wildman–Crippen LogP) is 4.22. The van der Waals surface area contributed by atoms with Crippen LogP contribution in [0.25, 0.3) is 22.0 Å². The van der Waals surface area contributed by atoms with E-state index in [9.17, 15) is 4.79 Å². The van der Waals surface area contributed by atoms with Crippen LogP contribution < -0.4 is 4.74 Å². The third-order valence-corrected chi connectivity index (χ3v) is 6.28. The number of piperidine rings is 1. The van der Waals surface area contributed by atoms with Crippen molar-refractivity contribution in [3.8, 4) is 27.8 Å². The Morgan fingerprint density at radius 1 is 1.26 bits per heavy atom. The fourth-order valence-electron chi connectivity index (χ4n) is 3.86. The van der Waals surface area contributed by atoms with E-state index in [4.69, 9.17) is 9.15 Å². The number of nitrogens with zero attached hydrogens (tertiary/aromatic N) is 4. The van der Waals surface area contributed by atoms with Crippen molar-refractivity contribution in [2.24, 2.45) is 0 Å². The van der Waals surface area contributed by atoms with Gasteiger partial charge in [0.2, 0.25) is 5.89 Å². The highest BCUT2D eigenvalue weighted by molar-refractivity contribution is 7.13. The number of benzene rings is 1. The first-order chi connectivity index (χ1) is 15.2. The molecule has 31 heavy (non-hydrogen) atoms. The molecule has 0 bridgehead atoms. The maximum Gasteiger partial charge on any atom is 0.271 e. The molecule has 1 fully saturated rings. The molecule has 5 rings (SSSR count). The number of methoxy groups -OCH3 is 1. The number of amides is 1. The molecule has 1 aliphatic heterocycles. The number of rotatable bonds is 5. The van der Waals surface area contributed by atoms with Gasteiger partial charge < -0.3 is 14.1 Å². The number of H-pyrrole nitrogens is 1. The number of thiophene rings is 1. The Balaban J connectivity index is 1.32. The maximum atomic E-state index is 13.1. The zero-order chi connectivity index (χ0) is 21.2. The minimum absolute atomic E-state index is 0.0236. The summed E-state index contributed by atoms with van der Waals surface area (Å²) in [6, 6.07) is 13.3. The third-order valence-electron chi connectivity index (χ3n) is 5.42. The molecule has 4 heterocycles. The van der Waals surface area contributed by atoms with Gasteiger partial charge in [0.25, 0.3) is 11.8 Å². The van der Waals surface area contributed by atoms with Gasteiger partial charge in [-0.05, 0) is 42.5 Å². The molecule has 1 atom stereocenters. The van der Waals surface area contributed by atoms with Gasteiger partial charge >= 0.3 is 0 Å². The van der Waals surface area contributed by atoms with Crippen LogP contribution in [0, 0.1) is 0 Å². The lowest BCUT2D eigenvalue weighted by Crippen LogP contribution is -2.39. The van der Waals surface area contributed by atoms with Crippen molar-refractivity contribution in [3.05, 3.63) is 59.4 Å². The fraction of sp³-hybridized carbons (Fsp3) is 0.273. The predicted molar refractivity (Wildman–Crippen MR) is 116 cm³/mol. The van der Waals surface area contributed by atoms with Gasteiger partial charge in [-0.25, -0.2) is 0 Å². The van der Waals surface area contributed by atoms with Crippen molar-refractivity contribution in [3.63, 3.8) is 0 Å². The first kappa shape index (κ1) is 19.5. The van der Waals surface area contributed by atoms with Crippen molar-refractivity contribution in [1.29, 1.82) is 0 Å². The summed E-state index contributed by atoms with van der Waals surface area (Å²) in [6.45, 7) is 1.22. The Labute approximate surface area is 182 Å². The zero-order valence-electron chi connectivity index (χ0n) is 16.9. The summed E-state index contributed by atoms with van der Waals surface area (Å²) in [6.07, 6.45) is 1.78. The SMILES string of the molecule is COc1ccccc1-c1cc(C(=O)N2CCCC(c3nnc(-c4cccs4)o3)C2)[nH]n1. The quantitative estimate of drug-likeness (QED) is 0.504. The second kappa shape index (κ2) is 8.35. The molecule has 1 saturated heterocycles. The Bertz CT molecular complexity index is 1180. The standard InChI is InChI=1S/C22H21N5O3S/c1-29-18-8-3-2-7-15(18)16-12-17(24-23-16)22(28)27-10-4-6-14(13-27)20-25-26-21(30-20)19-9-5-11-31-19/h2-3,5,7-9,11-12,14H,4,6,10,13H2,1H3,(H,23,24). The van der Waals surface area contributed by atoms with Crippen molar-refractivity contribution in [2.45, 2.75) is 18.8 Å². The van der Waals surface area contributed by atoms with Crippen molar-refractivity contribution in [2.75, 3.05) is 20.2 Å². The van der Waals surface area contributed by atoms with Crippen LogP contribution in [0.15, 0.2) is 52.3 Å². The molecule has 1 aliphatic rings. The molecule has 1 amide bonds. The van der Waals surface area contributed by atoms with Crippen molar-refractivity contribution in [1.82, 2.24) is 25.3 Å². The fourth-order valence-corrected chi connectivity index (χ4v) is 4.50. The van der Waals surface area contributed by atoms with E-state index in [1.165, 1.54) is 0 Å². The molecule has 0 spiro atoms. The van der Waals surface area contributed by atoms with Crippen LogP contribution in [0.1, 0.15) is 35.1 Å². The van der Waals surface area contributed by atoms with Gasteiger partial charge in [-0.1, -0.05) is 18.2 Å². The van der Waals surface area contributed by atoms with Crippen LogP contribution in [0.2, 0.25) is 0 Å². The first-order valence-electron chi connectivity index (χ1n) is 10.1. The van der Waals surface area contributed by atoms with Crippen LogP contribution in [0.3, 0.4) is 0 Å². The molecule has 158 valence electrons. The number of carbonyl (C=O) groups excluding carboxylic acids is 1. The Kier molecular flexibility index (Phi) is 5.25. The van der Waals surface area contributed by atoms with E-state index in [2.05, 4.69) is 20.4 Å². The molecule has 0 aliphatic carbocycles. The topological polar surface area (TPSA) is 97.1 Å². The molecule has 1 aromatic carbocycles. The summed E-state index contributed by atoms with van der Waals surface area (Å²) >= 11 is 1.56. The summed E-state index contributed by atoms with van der Waals surface area (Å²) < 4.78 is 11.3. The third kappa shape index (κ3) is 3.84. The van der Waals surface area contributed by atoms with Crippen LogP contribution >= 0.6 is 11.3 Å². The van der Waals surface area contributed by atoms with E-state index >= 15 is 0 Å². The second-order valence-electron chi connectivity index (χ2n) is 7.38. The summed E-state index contributed by atoms with van der Waals surface area (Å²) in [5, 5.41) is 17.6. The number of hydrogen-bond acceptors (Lipinski definition) is 7. The van der Waals surface area contributed by atoms with Gasteiger partial charge in [-0.3, -0.25) is 9.89 Å². The first-order valence-corrected chi connectivity index (χ1v) is 11.0. The monoisotopic (exact) mass is 435 g/mol. The van der Waals surface area contributed by atoms with E-state index < -0.39 is 0 Å². The number of carbonyl (C=O) groups is 1. The lowest BCUT2D eigenvalue weighted by Gasteiger charge is -2.30. The molecular weight excluding hydrogens is 414 g/mol. The molecule has 8 nitrogen and oxygen atoms in total. The largest absolute Gasteiger partial charge is 0.496 e. The minimum atomic E-state index is -0.0867. The highest BCUT2D eigenvalue weighted by Crippen LogP contribution is 2.31. The van der Waals surface area contributed by atoms with E-state index in [-0.39, 0.29) is 11.8 Å². The molecule has 0 radical (unpaired) electrons. The second-order valence-corrected chi connectivity index (χ2v) is 8.33. The number of nitrogens with one attached hydrogen (secondary N) is 1. The normalized spacial score (nSPS) is 16.4. The van der Waals surface area contributed by atoms with Gasteiger partial charge in [-0.15, -0.1) is 21.5 Å². The number of aromatic amines is 1. The minimum Gasteiger partial charge on any atom is -0.496 e. The number of para-hydroxylation sites is 1. The van der Waals surface area contributed by atoms with Gasteiger partial charge in [0, 0.05) is 18.7 Å². The number of hydrogen-bond donors (Lipinski definition) is 1. The van der Waals surface area contributed by atoms with Crippen molar-refractivity contribution >= 4 is 17.2 Å². The average molecular weight is 436 g/mol. The maximum absolute atomic E-state index is 13.1. The molecule has 3 aromatic heterocycles. The molecule has 1 N–H and O–H groups in total. The van der Waals surface area contributed by atoms with Gasteiger partial charge in [0.1, 0.15) is 11.4 Å². The van der Waals surface area contributed by atoms with Crippen LogP contribution in [-0.4, -0.2) is 51.4 Å². The molecular formula is C22H21N5O3S. The summed E-state index contributed by atoms with van der Waals surface area (Å²) in [7, 11) is 1.62. The highest BCUT2D eigenvalue weighted by Gasteiger charge is 2.30. The van der Waals surface area contributed by atoms with Gasteiger partial charge in [0.15, 0.2) is 0 Å².